The van der Waals surface area contributed by atoms with Crippen LogP contribution in [0.1, 0.15) is 36.3 Å². The molecule has 1 aliphatic heterocycles. The van der Waals surface area contributed by atoms with E-state index in [0.29, 0.717) is 34.9 Å². The van der Waals surface area contributed by atoms with Crippen molar-refractivity contribution in [1.29, 1.82) is 0 Å². The Balaban J connectivity index is 2.09. The van der Waals surface area contributed by atoms with E-state index in [9.17, 15) is 4.79 Å². The zero-order valence-electron chi connectivity index (χ0n) is 13.2. The van der Waals surface area contributed by atoms with E-state index in [4.69, 9.17) is 14.6 Å². The maximum absolute atomic E-state index is 12.4. The van der Waals surface area contributed by atoms with Crippen LogP contribution in [-0.4, -0.2) is 38.6 Å². The first-order valence-corrected chi connectivity index (χ1v) is 7.64. The molecule has 0 aromatic carbocycles. The number of nitrogens with zero attached hydrogens (tertiary/aromatic N) is 3. The second-order valence-electron chi connectivity index (χ2n) is 5.39. The molecule has 0 bridgehead atoms. The molecule has 0 aliphatic carbocycles. The van der Waals surface area contributed by atoms with Gasteiger partial charge >= 0.3 is 5.97 Å². The molecule has 0 radical (unpaired) electrons. The van der Waals surface area contributed by atoms with Gasteiger partial charge in [0, 0.05) is 24.7 Å². The third-order valence-corrected chi connectivity index (χ3v) is 3.71. The summed E-state index contributed by atoms with van der Waals surface area (Å²) in [6, 6.07) is 3.48. The number of esters is 1. The van der Waals surface area contributed by atoms with Gasteiger partial charge in [-0.15, -0.1) is 0 Å². The van der Waals surface area contributed by atoms with Gasteiger partial charge in [0.05, 0.1) is 25.0 Å². The third kappa shape index (κ3) is 2.92. The van der Waals surface area contributed by atoms with Crippen LogP contribution in [0.5, 0.6) is 5.88 Å². The number of aromatic nitrogens is 3. The minimum absolute atomic E-state index is 0.0233. The molecule has 7 heteroatoms. The lowest BCUT2D eigenvalue weighted by Crippen LogP contribution is -2.24. The van der Waals surface area contributed by atoms with E-state index in [0.717, 1.165) is 6.42 Å². The molecular weight excluding hydrogens is 298 g/mol. The van der Waals surface area contributed by atoms with Crippen molar-refractivity contribution in [2.75, 3.05) is 6.61 Å². The van der Waals surface area contributed by atoms with Gasteiger partial charge in [-0.2, -0.15) is 5.10 Å². The number of hydrogen-bond acceptors (Lipinski definition) is 6. The Kier molecular flexibility index (Phi) is 4.29. The Morgan fingerprint density at radius 2 is 2.35 bits per heavy atom. The number of fused-ring (bicyclic) bond motifs is 1. The minimum atomic E-state index is -0.455. The molecule has 1 N–H and O–H groups in total. The zero-order chi connectivity index (χ0) is 16.4. The molecule has 3 rings (SSSR count). The predicted octanol–water partition coefficient (Wildman–Crippen LogP) is 1.79. The van der Waals surface area contributed by atoms with Crippen LogP contribution in [0, 0.1) is 0 Å². The number of pyridine rings is 1. The summed E-state index contributed by atoms with van der Waals surface area (Å²) in [5.41, 5.74) is 2.06. The van der Waals surface area contributed by atoms with Gasteiger partial charge in [0.2, 0.25) is 5.88 Å². The molecule has 0 saturated carbocycles. The van der Waals surface area contributed by atoms with Gasteiger partial charge in [-0.25, -0.2) is 9.48 Å². The van der Waals surface area contributed by atoms with Crippen molar-refractivity contribution in [3.63, 3.8) is 0 Å². The van der Waals surface area contributed by atoms with Crippen LogP contribution >= 0.6 is 0 Å². The van der Waals surface area contributed by atoms with E-state index in [1.165, 1.54) is 0 Å². The van der Waals surface area contributed by atoms with Gasteiger partial charge in [-0.1, -0.05) is 0 Å². The predicted molar refractivity (Wildman–Crippen MR) is 82.0 cm³/mol. The highest BCUT2D eigenvalue weighted by molar-refractivity contribution is 5.98. The maximum Gasteiger partial charge on any atom is 0.345 e. The van der Waals surface area contributed by atoms with Gasteiger partial charge < -0.3 is 14.6 Å². The van der Waals surface area contributed by atoms with Gasteiger partial charge in [-0.05, 0) is 26.0 Å². The van der Waals surface area contributed by atoms with Crippen LogP contribution in [-0.2, 0) is 17.9 Å². The summed E-state index contributed by atoms with van der Waals surface area (Å²) in [5.74, 6) is -0.00693. The second kappa shape index (κ2) is 6.37. The molecule has 0 fully saturated rings. The first-order chi connectivity index (χ1) is 11.1. The third-order valence-electron chi connectivity index (χ3n) is 3.71. The van der Waals surface area contributed by atoms with E-state index < -0.39 is 5.97 Å². The first kappa shape index (κ1) is 15.5. The molecule has 3 heterocycles. The molecule has 122 valence electrons. The average Bonchev–Trinajstić information content (AvgIpc) is 2.93. The van der Waals surface area contributed by atoms with E-state index in [2.05, 4.69) is 10.1 Å². The molecule has 2 aromatic rings. The van der Waals surface area contributed by atoms with Gasteiger partial charge in [0.1, 0.15) is 11.3 Å². The maximum atomic E-state index is 12.4. The number of hydrogen-bond donors (Lipinski definition) is 1. The highest BCUT2D eigenvalue weighted by Gasteiger charge is 2.30. The number of aliphatic hydroxyl groups is 1. The van der Waals surface area contributed by atoms with Crippen LogP contribution in [0.4, 0.5) is 0 Å². The lowest BCUT2D eigenvalue weighted by molar-refractivity contribution is 0.0515. The van der Waals surface area contributed by atoms with Gasteiger partial charge in [-0.3, -0.25) is 4.98 Å². The van der Waals surface area contributed by atoms with Crippen molar-refractivity contribution in [1.82, 2.24) is 14.8 Å². The SMILES string of the molecule is CCOC(=O)c1c(-c2ccc(CO)nc2)nn2c1O[C@H](C)CC2. The van der Waals surface area contributed by atoms with Gasteiger partial charge in [0.15, 0.2) is 0 Å². The van der Waals surface area contributed by atoms with Crippen LogP contribution in [0.15, 0.2) is 18.3 Å². The number of rotatable bonds is 4. The molecule has 1 aliphatic rings. The fourth-order valence-corrected chi connectivity index (χ4v) is 2.52. The summed E-state index contributed by atoms with van der Waals surface area (Å²) in [5, 5.41) is 13.6. The topological polar surface area (TPSA) is 86.5 Å². The number of aliphatic hydroxyl groups excluding tert-OH is 1. The van der Waals surface area contributed by atoms with Crippen LogP contribution in [0.25, 0.3) is 11.3 Å². The monoisotopic (exact) mass is 317 g/mol. The fraction of sp³-hybridized carbons (Fsp3) is 0.438. The highest BCUT2D eigenvalue weighted by Crippen LogP contribution is 2.34. The molecule has 1 atom stereocenters. The number of aryl methyl sites for hydroxylation is 1. The van der Waals surface area contributed by atoms with Crippen molar-refractivity contribution in [3.05, 3.63) is 29.6 Å². The fourth-order valence-electron chi connectivity index (χ4n) is 2.52. The smallest absolute Gasteiger partial charge is 0.345 e. The molecule has 0 saturated heterocycles. The van der Waals surface area contributed by atoms with Crippen molar-refractivity contribution >= 4 is 5.97 Å². The molecular formula is C16H19N3O4. The van der Waals surface area contributed by atoms with E-state index in [1.807, 2.05) is 6.92 Å². The van der Waals surface area contributed by atoms with E-state index in [-0.39, 0.29) is 19.3 Å². The van der Waals surface area contributed by atoms with E-state index in [1.54, 1.807) is 29.9 Å². The lowest BCUT2D eigenvalue weighted by Gasteiger charge is -2.21. The van der Waals surface area contributed by atoms with Crippen LogP contribution in [0.3, 0.4) is 0 Å². The van der Waals surface area contributed by atoms with Crippen LogP contribution in [0.2, 0.25) is 0 Å². The summed E-state index contributed by atoms with van der Waals surface area (Å²) in [4.78, 5) is 16.5. The Morgan fingerprint density at radius 3 is 3.00 bits per heavy atom. The second-order valence-corrected chi connectivity index (χ2v) is 5.39. The molecule has 0 amide bonds. The first-order valence-electron chi connectivity index (χ1n) is 7.64. The Bertz CT molecular complexity index is 709. The summed E-state index contributed by atoms with van der Waals surface area (Å²) in [6.07, 6.45) is 2.44. The Labute approximate surface area is 133 Å². The molecule has 2 aromatic heterocycles. The molecule has 7 nitrogen and oxygen atoms in total. The standard InChI is InChI=1S/C16H19N3O4/c1-3-22-16(21)13-14(11-4-5-12(9-20)17-8-11)18-19-7-6-10(2)23-15(13)19/h4-5,8,10,20H,3,6-7,9H2,1-2H3/t10-/m1/s1. The van der Waals surface area contributed by atoms with E-state index >= 15 is 0 Å². The number of ether oxygens (including phenoxy) is 2. The lowest BCUT2D eigenvalue weighted by atomic mass is 10.1. The van der Waals surface area contributed by atoms with Crippen molar-refractivity contribution in [3.8, 4) is 17.1 Å². The minimum Gasteiger partial charge on any atom is -0.474 e. The number of carbonyl (C=O) groups is 1. The normalized spacial score (nSPS) is 16.6. The summed E-state index contributed by atoms with van der Waals surface area (Å²) in [7, 11) is 0. The largest absolute Gasteiger partial charge is 0.474 e. The average molecular weight is 317 g/mol. The quantitative estimate of drug-likeness (QED) is 0.865. The molecule has 23 heavy (non-hydrogen) atoms. The van der Waals surface area contributed by atoms with Crippen molar-refractivity contribution < 1.29 is 19.4 Å². The number of carbonyl (C=O) groups excluding carboxylic acids is 1. The highest BCUT2D eigenvalue weighted by atomic mass is 16.5. The summed E-state index contributed by atoms with van der Waals surface area (Å²) >= 11 is 0. The Hall–Kier alpha value is -2.41. The van der Waals surface area contributed by atoms with Gasteiger partial charge in [0.25, 0.3) is 0 Å². The molecule has 0 unspecified atom stereocenters. The Morgan fingerprint density at radius 1 is 1.52 bits per heavy atom. The van der Waals surface area contributed by atoms with Crippen molar-refractivity contribution in [2.45, 2.75) is 39.5 Å². The molecule has 0 spiro atoms. The summed E-state index contributed by atoms with van der Waals surface area (Å²) in [6.45, 7) is 4.55. The zero-order valence-corrected chi connectivity index (χ0v) is 13.2. The van der Waals surface area contributed by atoms with Crippen molar-refractivity contribution in [2.24, 2.45) is 0 Å². The van der Waals surface area contributed by atoms with Crippen LogP contribution < -0.4 is 4.74 Å². The summed E-state index contributed by atoms with van der Waals surface area (Å²) < 4.78 is 12.7.